The van der Waals surface area contributed by atoms with Gasteiger partial charge in [-0.05, 0) is 41.5 Å². The number of benzene rings is 2. The second kappa shape index (κ2) is 4.85. The Morgan fingerprint density at radius 3 is 2.75 bits per heavy atom. The maximum Gasteiger partial charge on any atom is 0.322 e. The molecule has 0 aromatic heterocycles. The highest BCUT2D eigenvalue weighted by molar-refractivity contribution is 5.89. The molecule has 1 heterocycles. The molecule has 20 heavy (non-hydrogen) atoms. The lowest BCUT2D eigenvalue weighted by atomic mass is 10.1. The second-order valence-electron chi connectivity index (χ2n) is 4.82. The molecule has 0 saturated carbocycles. The molecule has 0 unspecified atom stereocenters. The molecule has 2 aromatic carbocycles. The summed E-state index contributed by atoms with van der Waals surface area (Å²) >= 11 is 0. The summed E-state index contributed by atoms with van der Waals surface area (Å²) in [4.78, 5) is 13.8. The molecule has 3 N–H and O–H groups in total. The Balaban J connectivity index is 1.71. The normalized spacial score (nSPS) is 13.2. The summed E-state index contributed by atoms with van der Waals surface area (Å²) in [6.45, 7) is 1.05. The van der Waals surface area contributed by atoms with Crippen LogP contribution in [0.2, 0.25) is 0 Å². The van der Waals surface area contributed by atoms with E-state index in [-0.39, 0.29) is 11.8 Å². The van der Waals surface area contributed by atoms with Crippen LogP contribution in [-0.4, -0.2) is 10.9 Å². The van der Waals surface area contributed by atoms with Crippen LogP contribution in [0.5, 0.6) is 0 Å². The lowest BCUT2D eigenvalue weighted by Gasteiger charge is -2.16. The summed E-state index contributed by atoms with van der Waals surface area (Å²) in [5, 5.41) is 2.69. The van der Waals surface area contributed by atoms with Crippen LogP contribution in [0.3, 0.4) is 0 Å². The fourth-order valence-electron chi connectivity index (χ4n) is 2.33. The largest absolute Gasteiger partial charge is 0.399 e. The van der Waals surface area contributed by atoms with Crippen LogP contribution in [-0.2, 0) is 13.1 Å². The van der Waals surface area contributed by atoms with Crippen molar-refractivity contribution in [1.29, 1.82) is 0 Å². The van der Waals surface area contributed by atoms with Crippen molar-refractivity contribution in [2.75, 3.05) is 11.1 Å². The maximum absolute atomic E-state index is 13.1. The van der Waals surface area contributed by atoms with Crippen molar-refractivity contribution in [1.82, 2.24) is 4.90 Å². The van der Waals surface area contributed by atoms with Crippen LogP contribution in [0, 0.1) is 5.82 Å². The fourth-order valence-corrected chi connectivity index (χ4v) is 2.33. The summed E-state index contributed by atoms with van der Waals surface area (Å²) in [6, 6.07) is 11.2. The highest BCUT2D eigenvalue weighted by atomic mass is 19.1. The number of nitrogens with one attached hydrogen (secondary N) is 1. The van der Waals surface area contributed by atoms with Crippen molar-refractivity contribution >= 4 is 17.4 Å². The van der Waals surface area contributed by atoms with Crippen molar-refractivity contribution < 1.29 is 9.18 Å². The molecule has 1 aliphatic rings. The standard InChI is InChI=1S/C15H14FN3O/c16-12-2-1-3-14(7-12)18-15(20)19-8-10-4-5-13(17)6-11(10)9-19/h1-7H,8-9,17H2,(H,18,20). The summed E-state index contributed by atoms with van der Waals surface area (Å²) in [5.41, 5.74) is 9.02. The number of rotatable bonds is 1. The summed E-state index contributed by atoms with van der Waals surface area (Å²) in [5.74, 6) is -0.375. The Labute approximate surface area is 116 Å². The molecule has 0 radical (unpaired) electrons. The first-order valence-electron chi connectivity index (χ1n) is 6.30. The number of nitrogens with zero attached hydrogens (tertiary/aromatic N) is 1. The van der Waals surface area contributed by atoms with Gasteiger partial charge in [-0.15, -0.1) is 0 Å². The highest BCUT2D eigenvalue weighted by Crippen LogP contribution is 2.25. The van der Waals surface area contributed by atoms with E-state index in [4.69, 9.17) is 5.73 Å². The molecular formula is C15H14FN3O. The minimum Gasteiger partial charge on any atom is -0.399 e. The van der Waals surface area contributed by atoms with Gasteiger partial charge in [0, 0.05) is 24.5 Å². The Hall–Kier alpha value is -2.56. The van der Waals surface area contributed by atoms with Crippen LogP contribution in [0.25, 0.3) is 0 Å². The van der Waals surface area contributed by atoms with Gasteiger partial charge >= 0.3 is 6.03 Å². The van der Waals surface area contributed by atoms with E-state index in [1.807, 2.05) is 18.2 Å². The number of urea groups is 1. The highest BCUT2D eigenvalue weighted by Gasteiger charge is 2.23. The van der Waals surface area contributed by atoms with Crippen molar-refractivity contribution in [2.24, 2.45) is 0 Å². The number of nitrogens with two attached hydrogens (primary N) is 1. The van der Waals surface area contributed by atoms with Crippen LogP contribution in [0.15, 0.2) is 42.5 Å². The maximum atomic E-state index is 13.1. The molecule has 0 bridgehead atoms. The van der Waals surface area contributed by atoms with Crippen molar-refractivity contribution in [3.05, 3.63) is 59.4 Å². The Bertz CT molecular complexity index is 672. The molecule has 4 nitrogen and oxygen atoms in total. The number of carbonyl (C=O) groups is 1. The molecule has 0 fully saturated rings. The van der Waals surface area contributed by atoms with Crippen molar-refractivity contribution in [2.45, 2.75) is 13.1 Å². The summed E-state index contributed by atoms with van der Waals surface area (Å²) in [6.07, 6.45) is 0. The van der Waals surface area contributed by atoms with Crippen LogP contribution >= 0.6 is 0 Å². The third kappa shape index (κ3) is 2.42. The van der Waals surface area contributed by atoms with Gasteiger partial charge in [0.15, 0.2) is 0 Å². The number of hydrogen-bond donors (Lipinski definition) is 2. The minimum atomic E-state index is -0.375. The topological polar surface area (TPSA) is 58.4 Å². The Kier molecular flexibility index (Phi) is 3.02. The number of anilines is 2. The number of amides is 2. The quantitative estimate of drug-likeness (QED) is 0.783. The molecule has 2 amide bonds. The van der Waals surface area contributed by atoms with E-state index in [1.165, 1.54) is 12.1 Å². The van der Waals surface area contributed by atoms with Gasteiger partial charge in [0.2, 0.25) is 0 Å². The predicted octanol–water partition coefficient (Wildman–Crippen LogP) is 2.96. The monoisotopic (exact) mass is 271 g/mol. The molecule has 0 spiro atoms. The first kappa shape index (κ1) is 12.5. The molecule has 2 aromatic rings. The molecular weight excluding hydrogens is 257 g/mol. The first-order valence-corrected chi connectivity index (χ1v) is 6.30. The van der Waals surface area contributed by atoms with Gasteiger partial charge in [0.05, 0.1) is 0 Å². The lowest BCUT2D eigenvalue weighted by Crippen LogP contribution is -2.30. The molecule has 0 atom stereocenters. The average Bonchev–Trinajstić information content (AvgIpc) is 2.81. The van der Waals surface area contributed by atoms with E-state index < -0.39 is 0 Å². The molecule has 0 aliphatic carbocycles. The number of carbonyl (C=O) groups excluding carboxylic acids is 1. The van der Waals surface area contributed by atoms with Crippen molar-refractivity contribution in [3.8, 4) is 0 Å². The van der Waals surface area contributed by atoms with Crippen LogP contribution in [0.1, 0.15) is 11.1 Å². The zero-order valence-corrected chi connectivity index (χ0v) is 10.8. The zero-order valence-electron chi connectivity index (χ0n) is 10.8. The molecule has 0 saturated heterocycles. The number of halogens is 1. The lowest BCUT2D eigenvalue weighted by molar-refractivity contribution is 0.212. The fraction of sp³-hybridized carbons (Fsp3) is 0.133. The van der Waals surface area contributed by atoms with Crippen LogP contribution < -0.4 is 11.1 Å². The molecule has 1 aliphatic heterocycles. The predicted molar refractivity (Wildman–Crippen MR) is 75.5 cm³/mol. The zero-order chi connectivity index (χ0) is 14.1. The summed E-state index contributed by atoms with van der Waals surface area (Å²) in [7, 11) is 0. The molecule has 5 heteroatoms. The number of fused-ring (bicyclic) bond motifs is 1. The van der Waals surface area contributed by atoms with Gasteiger partial charge in [-0.3, -0.25) is 0 Å². The van der Waals surface area contributed by atoms with E-state index in [0.29, 0.717) is 24.5 Å². The second-order valence-corrected chi connectivity index (χ2v) is 4.82. The minimum absolute atomic E-state index is 0.245. The van der Waals surface area contributed by atoms with Crippen LogP contribution in [0.4, 0.5) is 20.6 Å². The van der Waals surface area contributed by atoms with Gasteiger partial charge < -0.3 is 16.0 Å². The van der Waals surface area contributed by atoms with Gasteiger partial charge in [0.1, 0.15) is 5.82 Å². The van der Waals surface area contributed by atoms with Gasteiger partial charge in [0.25, 0.3) is 0 Å². The van der Waals surface area contributed by atoms with E-state index in [1.54, 1.807) is 17.0 Å². The van der Waals surface area contributed by atoms with Gasteiger partial charge in [-0.1, -0.05) is 12.1 Å². The van der Waals surface area contributed by atoms with E-state index in [0.717, 1.165) is 11.1 Å². The first-order chi connectivity index (χ1) is 9.61. The SMILES string of the molecule is Nc1ccc2c(c1)CN(C(=O)Nc1cccc(F)c1)C2. The smallest absolute Gasteiger partial charge is 0.322 e. The van der Waals surface area contributed by atoms with E-state index in [9.17, 15) is 9.18 Å². The third-order valence-electron chi connectivity index (χ3n) is 3.32. The third-order valence-corrected chi connectivity index (χ3v) is 3.32. The summed E-state index contributed by atoms with van der Waals surface area (Å²) < 4.78 is 13.1. The van der Waals surface area contributed by atoms with Crippen molar-refractivity contribution in [3.63, 3.8) is 0 Å². The van der Waals surface area contributed by atoms with Gasteiger partial charge in [-0.2, -0.15) is 0 Å². The number of nitrogen functional groups attached to an aromatic ring is 1. The number of hydrogen-bond acceptors (Lipinski definition) is 2. The average molecular weight is 271 g/mol. The molecule has 102 valence electrons. The van der Waals surface area contributed by atoms with E-state index >= 15 is 0 Å². The Morgan fingerprint density at radius 1 is 1.15 bits per heavy atom. The van der Waals surface area contributed by atoms with E-state index in [2.05, 4.69) is 5.32 Å². The van der Waals surface area contributed by atoms with Gasteiger partial charge in [-0.25, -0.2) is 9.18 Å². The molecule has 3 rings (SSSR count). The Morgan fingerprint density at radius 2 is 1.95 bits per heavy atom.